The summed E-state index contributed by atoms with van der Waals surface area (Å²) in [5.41, 5.74) is 0.372. The lowest BCUT2D eigenvalue weighted by Gasteiger charge is -2.38. The van der Waals surface area contributed by atoms with Gasteiger partial charge in [0.1, 0.15) is 5.82 Å². The zero-order valence-electron chi connectivity index (χ0n) is 13.4. The average Bonchev–Trinajstić information content (AvgIpc) is 3.05. The quantitative estimate of drug-likeness (QED) is 0.872. The van der Waals surface area contributed by atoms with Crippen molar-refractivity contribution in [3.63, 3.8) is 0 Å². The van der Waals surface area contributed by atoms with E-state index >= 15 is 0 Å². The Labute approximate surface area is 134 Å². The third-order valence-corrected chi connectivity index (χ3v) is 4.41. The zero-order chi connectivity index (χ0) is 16.4. The number of likely N-dealkylation sites (tertiary alicyclic amines) is 1. The molecule has 0 N–H and O–H groups in total. The lowest BCUT2D eigenvalue weighted by Crippen LogP contribution is -2.47. The van der Waals surface area contributed by atoms with E-state index in [9.17, 15) is 9.18 Å². The van der Waals surface area contributed by atoms with Gasteiger partial charge in [-0.05, 0) is 37.1 Å². The molecule has 1 amide bonds. The molecule has 0 spiro atoms. The fraction of sp³-hybridized carbons (Fsp3) is 0.471. The van der Waals surface area contributed by atoms with E-state index < -0.39 is 0 Å². The highest BCUT2D eigenvalue weighted by Crippen LogP contribution is 2.33. The molecule has 0 aliphatic carbocycles. The first-order valence-corrected chi connectivity index (χ1v) is 7.90. The summed E-state index contributed by atoms with van der Waals surface area (Å²) in [5, 5.41) is 4.11. The molecule has 23 heavy (non-hydrogen) atoms. The maximum Gasteiger partial charge on any atom is 0.257 e. The first kappa shape index (κ1) is 15.6. The Kier molecular flexibility index (Phi) is 4.15. The molecule has 5 nitrogen and oxygen atoms in total. The summed E-state index contributed by atoms with van der Waals surface area (Å²) in [4.78, 5) is 18.3. The van der Waals surface area contributed by atoms with Crippen LogP contribution in [0.25, 0.3) is 11.5 Å². The average molecular weight is 317 g/mol. The van der Waals surface area contributed by atoms with Gasteiger partial charge in [-0.2, -0.15) is 4.98 Å². The number of piperidine rings is 1. The van der Waals surface area contributed by atoms with E-state index in [1.54, 1.807) is 12.1 Å². The van der Waals surface area contributed by atoms with Crippen LogP contribution in [-0.2, 0) is 10.2 Å². The van der Waals surface area contributed by atoms with Crippen LogP contribution in [0.2, 0.25) is 0 Å². The van der Waals surface area contributed by atoms with Crippen LogP contribution < -0.4 is 0 Å². The summed E-state index contributed by atoms with van der Waals surface area (Å²) in [6.45, 7) is 5.31. The van der Waals surface area contributed by atoms with Crippen molar-refractivity contribution in [1.82, 2.24) is 15.0 Å². The maximum absolute atomic E-state index is 13.0. The van der Waals surface area contributed by atoms with Gasteiger partial charge in [-0.15, -0.1) is 0 Å². The summed E-state index contributed by atoms with van der Waals surface area (Å²) in [6, 6.07) is 5.96. The predicted octanol–water partition coefficient (Wildman–Crippen LogP) is 3.17. The number of hydrogen-bond donors (Lipinski definition) is 0. The number of aromatic nitrogens is 2. The lowest BCUT2D eigenvalue weighted by molar-refractivity contribution is -0.133. The van der Waals surface area contributed by atoms with Crippen LogP contribution in [-0.4, -0.2) is 34.0 Å². The van der Waals surface area contributed by atoms with Crippen molar-refractivity contribution in [1.29, 1.82) is 0 Å². The second-order valence-corrected chi connectivity index (χ2v) is 6.26. The van der Waals surface area contributed by atoms with Crippen LogP contribution in [0.4, 0.5) is 4.39 Å². The minimum Gasteiger partial charge on any atom is -0.342 e. The fourth-order valence-corrected chi connectivity index (χ4v) is 3.04. The van der Waals surface area contributed by atoms with Crippen LogP contribution >= 0.6 is 0 Å². The number of carbonyl (C=O) groups excluding carboxylic acids is 1. The topological polar surface area (TPSA) is 59.2 Å². The van der Waals surface area contributed by atoms with E-state index in [-0.39, 0.29) is 17.1 Å². The molecule has 0 bridgehead atoms. The molecule has 1 aromatic carbocycles. The molecule has 1 aliphatic heterocycles. The number of benzene rings is 1. The van der Waals surface area contributed by atoms with Crippen molar-refractivity contribution in [2.45, 2.75) is 38.5 Å². The molecule has 1 aliphatic rings. The molecule has 1 unspecified atom stereocenters. The van der Waals surface area contributed by atoms with E-state index in [0.29, 0.717) is 30.2 Å². The third-order valence-electron chi connectivity index (χ3n) is 4.41. The lowest BCUT2D eigenvalue weighted by atomic mass is 9.81. The summed E-state index contributed by atoms with van der Waals surface area (Å²) in [7, 11) is 0. The molecule has 1 aromatic heterocycles. The molecule has 1 saturated heterocycles. The van der Waals surface area contributed by atoms with E-state index in [1.807, 2.05) is 11.8 Å². The summed E-state index contributed by atoms with van der Waals surface area (Å²) < 4.78 is 18.4. The number of rotatable bonds is 3. The normalized spacial score (nSPS) is 21.4. The monoisotopic (exact) mass is 317 g/mol. The van der Waals surface area contributed by atoms with E-state index in [4.69, 9.17) is 4.52 Å². The highest BCUT2D eigenvalue weighted by molar-refractivity contribution is 5.76. The molecule has 3 rings (SSSR count). The van der Waals surface area contributed by atoms with Crippen molar-refractivity contribution in [3.05, 3.63) is 35.9 Å². The molecule has 0 saturated carbocycles. The summed E-state index contributed by atoms with van der Waals surface area (Å²) in [5.74, 6) is 0.824. The van der Waals surface area contributed by atoms with Crippen molar-refractivity contribution in [3.8, 4) is 11.5 Å². The molecule has 1 fully saturated rings. The van der Waals surface area contributed by atoms with Gasteiger partial charge in [0.2, 0.25) is 5.91 Å². The van der Waals surface area contributed by atoms with Gasteiger partial charge in [0.15, 0.2) is 5.82 Å². The van der Waals surface area contributed by atoms with Gasteiger partial charge in [-0.1, -0.05) is 19.0 Å². The number of carbonyl (C=O) groups is 1. The van der Waals surface area contributed by atoms with Crippen molar-refractivity contribution >= 4 is 5.91 Å². The molecule has 6 heteroatoms. The SMILES string of the molecule is CCC(=O)N1CCCC(C)(c2noc(-c3ccc(F)cc3)n2)C1. The van der Waals surface area contributed by atoms with Gasteiger partial charge < -0.3 is 9.42 Å². The van der Waals surface area contributed by atoms with Crippen LogP contribution in [0.15, 0.2) is 28.8 Å². The Balaban J connectivity index is 1.83. The van der Waals surface area contributed by atoms with E-state index in [1.165, 1.54) is 12.1 Å². The second kappa shape index (κ2) is 6.10. The highest BCUT2D eigenvalue weighted by atomic mass is 19.1. The van der Waals surface area contributed by atoms with Gasteiger partial charge in [-0.3, -0.25) is 4.79 Å². The van der Waals surface area contributed by atoms with Crippen LogP contribution in [0.5, 0.6) is 0 Å². The Hall–Kier alpha value is -2.24. The molecule has 2 aromatic rings. The van der Waals surface area contributed by atoms with E-state index in [2.05, 4.69) is 17.1 Å². The molecular weight excluding hydrogens is 297 g/mol. The van der Waals surface area contributed by atoms with Crippen LogP contribution in [0, 0.1) is 5.82 Å². The largest absolute Gasteiger partial charge is 0.342 e. The van der Waals surface area contributed by atoms with Gasteiger partial charge in [0.05, 0.1) is 0 Å². The Bertz CT molecular complexity index is 698. The van der Waals surface area contributed by atoms with E-state index in [0.717, 1.165) is 19.4 Å². The summed E-state index contributed by atoms with van der Waals surface area (Å²) >= 11 is 0. The summed E-state index contributed by atoms with van der Waals surface area (Å²) in [6.07, 6.45) is 2.33. The number of nitrogens with zero attached hydrogens (tertiary/aromatic N) is 3. The molecule has 0 radical (unpaired) electrons. The molecule has 1 atom stereocenters. The maximum atomic E-state index is 13.0. The predicted molar refractivity (Wildman–Crippen MR) is 83.1 cm³/mol. The van der Waals surface area contributed by atoms with Crippen molar-refractivity contribution in [2.75, 3.05) is 13.1 Å². The van der Waals surface area contributed by atoms with Crippen LogP contribution in [0.1, 0.15) is 38.9 Å². The molecule has 2 heterocycles. The Morgan fingerprint density at radius 2 is 2.13 bits per heavy atom. The molecular formula is C17H20FN3O2. The smallest absolute Gasteiger partial charge is 0.257 e. The Morgan fingerprint density at radius 1 is 1.39 bits per heavy atom. The Morgan fingerprint density at radius 3 is 2.83 bits per heavy atom. The number of halogens is 1. The van der Waals surface area contributed by atoms with Crippen molar-refractivity contribution < 1.29 is 13.7 Å². The third kappa shape index (κ3) is 3.11. The zero-order valence-corrected chi connectivity index (χ0v) is 13.4. The van der Waals surface area contributed by atoms with Crippen molar-refractivity contribution in [2.24, 2.45) is 0 Å². The minimum absolute atomic E-state index is 0.151. The van der Waals surface area contributed by atoms with Crippen LogP contribution in [0.3, 0.4) is 0 Å². The van der Waals surface area contributed by atoms with Gasteiger partial charge in [0.25, 0.3) is 5.89 Å². The fourth-order valence-electron chi connectivity index (χ4n) is 3.04. The first-order chi connectivity index (χ1) is 11.0. The number of hydrogen-bond acceptors (Lipinski definition) is 4. The second-order valence-electron chi connectivity index (χ2n) is 6.26. The minimum atomic E-state index is -0.315. The number of amides is 1. The highest BCUT2D eigenvalue weighted by Gasteiger charge is 2.38. The van der Waals surface area contributed by atoms with Gasteiger partial charge in [0, 0.05) is 30.5 Å². The van der Waals surface area contributed by atoms with Gasteiger partial charge in [-0.25, -0.2) is 4.39 Å². The first-order valence-electron chi connectivity index (χ1n) is 7.90. The standard InChI is InChI=1S/C17H20FN3O2/c1-3-14(22)21-10-4-9-17(2,11-21)16-19-15(23-20-16)12-5-7-13(18)8-6-12/h5-8H,3-4,9-11H2,1-2H3. The molecule has 122 valence electrons. The van der Waals surface area contributed by atoms with Gasteiger partial charge >= 0.3 is 0 Å².